The third-order valence-corrected chi connectivity index (χ3v) is 3.68. The first-order valence-corrected chi connectivity index (χ1v) is 7.96. The highest BCUT2D eigenvalue weighted by Crippen LogP contribution is 2.24. The second kappa shape index (κ2) is 8.70. The van der Waals surface area contributed by atoms with Crippen LogP contribution in [0.15, 0.2) is 29.4 Å². The first-order chi connectivity index (χ1) is 10.9. The summed E-state index contributed by atoms with van der Waals surface area (Å²) < 4.78 is 10.4. The van der Waals surface area contributed by atoms with Crippen molar-refractivity contribution in [3.05, 3.63) is 38.3 Å². The van der Waals surface area contributed by atoms with Crippen molar-refractivity contribution >= 4 is 40.3 Å². The zero-order valence-corrected chi connectivity index (χ0v) is 14.9. The number of hydrogen-bond donors (Lipinski definition) is 0. The van der Waals surface area contributed by atoms with Crippen molar-refractivity contribution in [3.63, 3.8) is 0 Å². The van der Waals surface area contributed by atoms with Gasteiger partial charge in [-0.3, -0.25) is 4.79 Å². The molecule has 0 saturated heterocycles. The number of halogens is 1. The SMILES string of the molecule is CCOC(=O)C(CC(=O)c1ccc(I)cc1)(N=O)C(=O)OCC. The number of ketones is 1. The number of nitrogens with zero attached hydrogens (tertiary/aromatic N) is 1. The van der Waals surface area contributed by atoms with Gasteiger partial charge in [0.1, 0.15) is 0 Å². The lowest BCUT2D eigenvalue weighted by atomic mass is 9.91. The summed E-state index contributed by atoms with van der Waals surface area (Å²) in [4.78, 5) is 47.7. The van der Waals surface area contributed by atoms with Gasteiger partial charge in [-0.15, -0.1) is 4.91 Å². The van der Waals surface area contributed by atoms with Crippen LogP contribution in [0.5, 0.6) is 0 Å². The van der Waals surface area contributed by atoms with Gasteiger partial charge >= 0.3 is 17.5 Å². The average molecular weight is 433 g/mol. The molecule has 0 aliphatic rings. The maximum atomic E-state index is 12.3. The average Bonchev–Trinajstić information content (AvgIpc) is 2.53. The van der Waals surface area contributed by atoms with Crippen molar-refractivity contribution in [2.45, 2.75) is 25.8 Å². The number of carbonyl (C=O) groups excluding carboxylic acids is 3. The first-order valence-electron chi connectivity index (χ1n) is 6.89. The number of benzene rings is 1. The molecule has 1 aromatic carbocycles. The van der Waals surface area contributed by atoms with Crippen LogP contribution in [0.4, 0.5) is 0 Å². The van der Waals surface area contributed by atoms with E-state index in [0.29, 0.717) is 0 Å². The normalized spacial score (nSPS) is 10.7. The van der Waals surface area contributed by atoms with E-state index in [1.807, 2.05) is 0 Å². The Kier molecular flexibility index (Phi) is 7.27. The van der Waals surface area contributed by atoms with Crippen LogP contribution >= 0.6 is 22.6 Å². The number of carbonyl (C=O) groups is 3. The van der Waals surface area contributed by atoms with Gasteiger partial charge in [0.05, 0.1) is 19.6 Å². The van der Waals surface area contributed by atoms with Crippen LogP contribution in [-0.2, 0) is 19.1 Å². The van der Waals surface area contributed by atoms with Gasteiger partial charge in [0.15, 0.2) is 5.78 Å². The number of ether oxygens (including phenoxy) is 2. The van der Waals surface area contributed by atoms with E-state index < -0.39 is 29.7 Å². The Morgan fingerprint density at radius 1 is 1.04 bits per heavy atom. The molecule has 23 heavy (non-hydrogen) atoms. The molecule has 0 unspecified atom stereocenters. The molecule has 0 fully saturated rings. The lowest BCUT2D eigenvalue weighted by Gasteiger charge is -2.21. The van der Waals surface area contributed by atoms with Gasteiger partial charge in [0, 0.05) is 9.13 Å². The predicted octanol–water partition coefficient (Wildman–Crippen LogP) is 2.50. The number of Topliss-reactive ketones (excluding diaryl/α,β-unsaturated/α-hetero) is 1. The van der Waals surface area contributed by atoms with Gasteiger partial charge in [0.25, 0.3) is 0 Å². The Balaban J connectivity index is 3.15. The second-order valence-corrected chi connectivity index (χ2v) is 5.74. The standard InChI is InChI=1S/C15H16INO6/c1-3-22-13(19)15(17-21,14(20)23-4-2)9-12(18)10-5-7-11(16)8-6-10/h5-8H,3-4,9H2,1-2H3. The fraction of sp³-hybridized carbons (Fsp3) is 0.400. The van der Waals surface area contributed by atoms with Crippen LogP contribution < -0.4 is 0 Å². The Labute approximate surface area is 146 Å². The fourth-order valence-electron chi connectivity index (χ4n) is 1.81. The first kappa shape index (κ1) is 19.2. The largest absolute Gasteiger partial charge is 0.464 e. The Hall–Kier alpha value is -1.84. The molecule has 1 rings (SSSR count). The Morgan fingerprint density at radius 3 is 1.91 bits per heavy atom. The smallest absolute Gasteiger partial charge is 0.350 e. The molecule has 0 amide bonds. The van der Waals surface area contributed by atoms with Gasteiger partial charge in [-0.25, -0.2) is 9.59 Å². The van der Waals surface area contributed by atoms with E-state index in [9.17, 15) is 19.3 Å². The zero-order valence-electron chi connectivity index (χ0n) is 12.7. The van der Waals surface area contributed by atoms with E-state index in [4.69, 9.17) is 9.47 Å². The quantitative estimate of drug-likeness (QED) is 0.205. The molecule has 0 radical (unpaired) electrons. The predicted molar refractivity (Wildman–Crippen MR) is 89.9 cm³/mol. The summed E-state index contributed by atoms with van der Waals surface area (Å²) in [6, 6.07) is 6.46. The third kappa shape index (κ3) is 4.57. The molecule has 0 heterocycles. The number of hydrogen-bond acceptors (Lipinski definition) is 7. The minimum Gasteiger partial charge on any atom is -0.464 e. The highest BCUT2D eigenvalue weighted by Gasteiger charge is 2.53. The fourth-order valence-corrected chi connectivity index (χ4v) is 2.17. The van der Waals surface area contributed by atoms with Crippen LogP contribution in [0.25, 0.3) is 0 Å². The molecule has 0 bridgehead atoms. The monoisotopic (exact) mass is 433 g/mol. The van der Waals surface area contributed by atoms with Crippen molar-refractivity contribution < 1.29 is 23.9 Å². The van der Waals surface area contributed by atoms with Crippen LogP contribution in [-0.4, -0.2) is 36.5 Å². The summed E-state index contributed by atoms with van der Waals surface area (Å²) in [6.45, 7) is 2.90. The maximum absolute atomic E-state index is 12.3. The van der Waals surface area contributed by atoms with Gasteiger partial charge < -0.3 is 9.47 Å². The molecule has 0 aliphatic heterocycles. The molecular formula is C15H16INO6. The van der Waals surface area contributed by atoms with E-state index in [0.717, 1.165) is 3.57 Å². The minimum atomic E-state index is -2.52. The van der Waals surface area contributed by atoms with Crippen molar-refractivity contribution in [3.8, 4) is 0 Å². The van der Waals surface area contributed by atoms with Crippen LogP contribution in [0.1, 0.15) is 30.6 Å². The molecule has 124 valence electrons. The summed E-state index contributed by atoms with van der Waals surface area (Å²) in [7, 11) is 0. The number of esters is 2. The van der Waals surface area contributed by atoms with Crippen molar-refractivity contribution in [1.82, 2.24) is 0 Å². The molecule has 0 aromatic heterocycles. The molecule has 1 aromatic rings. The van der Waals surface area contributed by atoms with E-state index in [1.165, 1.54) is 26.0 Å². The van der Waals surface area contributed by atoms with Gasteiger partial charge in [-0.05, 0) is 53.7 Å². The van der Waals surface area contributed by atoms with Crippen LogP contribution in [0.3, 0.4) is 0 Å². The summed E-state index contributed by atoms with van der Waals surface area (Å²) in [5, 5.41) is 2.62. The molecule has 0 N–H and O–H groups in total. The molecule has 0 atom stereocenters. The van der Waals surface area contributed by atoms with Gasteiger partial charge in [-0.2, -0.15) is 0 Å². The topological polar surface area (TPSA) is 99.1 Å². The van der Waals surface area contributed by atoms with E-state index in [2.05, 4.69) is 27.8 Å². The van der Waals surface area contributed by atoms with Gasteiger partial charge in [-0.1, -0.05) is 12.1 Å². The molecule has 0 saturated carbocycles. The molecule has 8 heteroatoms. The van der Waals surface area contributed by atoms with Crippen LogP contribution in [0.2, 0.25) is 0 Å². The molecule has 0 aliphatic carbocycles. The highest BCUT2D eigenvalue weighted by atomic mass is 127. The maximum Gasteiger partial charge on any atom is 0.350 e. The van der Waals surface area contributed by atoms with E-state index >= 15 is 0 Å². The summed E-state index contributed by atoms with van der Waals surface area (Å²) in [5.41, 5.74) is -2.27. The minimum absolute atomic E-state index is 0.0623. The number of rotatable bonds is 8. The Morgan fingerprint density at radius 2 is 1.52 bits per heavy atom. The van der Waals surface area contributed by atoms with E-state index in [1.54, 1.807) is 12.1 Å². The highest BCUT2D eigenvalue weighted by molar-refractivity contribution is 14.1. The van der Waals surface area contributed by atoms with Crippen molar-refractivity contribution in [2.24, 2.45) is 5.18 Å². The molecular weight excluding hydrogens is 417 g/mol. The summed E-state index contributed by atoms with van der Waals surface area (Å²) in [5.74, 6) is -2.96. The van der Waals surface area contributed by atoms with Crippen molar-refractivity contribution in [2.75, 3.05) is 13.2 Å². The second-order valence-electron chi connectivity index (χ2n) is 4.50. The molecule has 0 spiro atoms. The van der Waals surface area contributed by atoms with Gasteiger partial charge in [0.2, 0.25) is 0 Å². The lowest BCUT2D eigenvalue weighted by Crippen LogP contribution is -2.48. The summed E-state index contributed by atoms with van der Waals surface area (Å²) >= 11 is 2.07. The zero-order chi connectivity index (χ0) is 17.5. The lowest BCUT2D eigenvalue weighted by molar-refractivity contribution is -0.163. The van der Waals surface area contributed by atoms with E-state index in [-0.39, 0.29) is 18.8 Å². The number of nitroso groups, excluding NO2 is 1. The Bertz CT molecular complexity index is 580. The van der Waals surface area contributed by atoms with Crippen LogP contribution in [0, 0.1) is 8.48 Å². The third-order valence-electron chi connectivity index (χ3n) is 2.96. The van der Waals surface area contributed by atoms with Crippen molar-refractivity contribution in [1.29, 1.82) is 0 Å². The molecule has 7 nitrogen and oxygen atoms in total. The summed E-state index contributed by atoms with van der Waals surface area (Å²) in [6.07, 6.45) is -0.741.